The summed E-state index contributed by atoms with van der Waals surface area (Å²) in [6, 6.07) is 1.63. The van der Waals surface area contributed by atoms with Gasteiger partial charge in [-0.25, -0.2) is 0 Å². The lowest BCUT2D eigenvalue weighted by Crippen LogP contribution is -2.16. The zero-order valence-corrected chi connectivity index (χ0v) is 10.4. The first kappa shape index (κ1) is 10.8. The largest absolute Gasteiger partial charge is 0.573 e. The second-order valence-corrected chi connectivity index (χ2v) is 5.80. The Balaban J connectivity index is 2.82. The molecular formula is C5HF3I2OS. The minimum atomic E-state index is -4.59. The monoisotopic (exact) mass is 420 g/mol. The molecule has 1 aromatic heterocycles. The average Bonchev–Trinajstić information content (AvgIpc) is 2.06. The molecule has 0 bridgehead atoms. The predicted molar refractivity (Wildman–Crippen MR) is 56.4 cm³/mol. The molecule has 1 aromatic rings. The molecule has 0 saturated heterocycles. The van der Waals surface area contributed by atoms with Crippen LogP contribution in [-0.2, 0) is 0 Å². The number of alkyl halides is 3. The van der Waals surface area contributed by atoms with E-state index in [-0.39, 0.29) is 5.06 Å². The van der Waals surface area contributed by atoms with Crippen LogP contribution in [0.25, 0.3) is 0 Å². The SMILES string of the molecule is FC(F)(F)Oc1sc(I)cc1I. The normalized spacial score (nSPS) is 11.8. The van der Waals surface area contributed by atoms with Crippen LogP contribution in [0, 0.1) is 6.45 Å². The summed E-state index contributed by atoms with van der Waals surface area (Å²) in [6.45, 7) is 0. The van der Waals surface area contributed by atoms with E-state index in [1.165, 1.54) is 0 Å². The molecule has 0 atom stereocenters. The summed E-state index contributed by atoms with van der Waals surface area (Å²) < 4.78 is 40.1. The zero-order chi connectivity index (χ0) is 9.35. The van der Waals surface area contributed by atoms with Gasteiger partial charge in [-0.1, -0.05) is 11.3 Å². The van der Waals surface area contributed by atoms with E-state index in [0.29, 0.717) is 3.57 Å². The van der Waals surface area contributed by atoms with E-state index in [1.54, 1.807) is 28.7 Å². The van der Waals surface area contributed by atoms with Crippen LogP contribution in [-0.4, -0.2) is 6.36 Å². The summed E-state index contributed by atoms with van der Waals surface area (Å²) in [4.78, 5) is 0. The van der Waals surface area contributed by atoms with Gasteiger partial charge in [0.15, 0.2) is 5.06 Å². The molecule has 0 unspecified atom stereocenters. The Bertz CT molecular complexity index is 283. The van der Waals surface area contributed by atoms with Crippen molar-refractivity contribution in [3.8, 4) is 5.06 Å². The lowest BCUT2D eigenvalue weighted by Gasteiger charge is -2.05. The minimum Gasteiger partial charge on any atom is -0.395 e. The summed E-state index contributed by atoms with van der Waals surface area (Å²) in [5.74, 6) is 0. The molecule has 1 nitrogen and oxygen atoms in total. The molecule has 0 saturated carbocycles. The summed E-state index contributed by atoms with van der Waals surface area (Å²) in [7, 11) is 0. The van der Waals surface area contributed by atoms with E-state index in [1.807, 2.05) is 22.6 Å². The van der Waals surface area contributed by atoms with Crippen LogP contribution < -0.4 is 4.74 Å². The van der Waals surface area contributed by atoms with E-state index < -0.39 is 6.36 Å². The predicted octanol–water partition coefficient (Wildman–Crippen LogP) is 3.86. The van der Waals surface area contributed by atoms with Gasteiger partial charge in [0.2, 0.25) is 0 Å². The summed E-state index contributed by atoms with van der Waals surface area (Å²) in [5.41, 5.74) is 0. The van der Waals surface area contributed by atoms with Crippen molar-refractivity contribution in [1.82, 2.24) is 0 Å². The number of rotatable bonds is 1. The molecule has 0 spiro atoms. The molecule has 0 amide bonds. The number of hydrogen-bond donors (Lipinski definition) is 0. The molecule has 0 aliphatic carbocycles. The van der Waals surface area contributed by atoms with E-state index in [4.69, 9.17) is 0 Å². The van der Waals surface area contributed by atoms with Crippen LogP contribution in [0.1, 0.15) is 0 Å². The molecular weight excluding hydrogens is 419 g/mol. The molecule has 0 aromatic carbocycles. The maximum atomic E-state index is 11.7. The van der Waals surface area contributed by atoms with Gasteiger partial charge in [0.1, 0.15) is 0 Å². The molecule has 0 aliphatic heterocycles. The highest BCUT2D eigenvalue weighted by atomic mass is 127. The summed E-state index contributed by atoms with van der Waals surface area (Å²) >= 11 is 4.72. The summed E-state index contributed by atoms with van der Waals surface area (Å²) in [5, 5.41) is -0.0903. The Hall–Kier alpha value is 0.750. The fourth-order valence-electron chi connectivity index (χ4n) is 0.500. The fourth-order valence-corrected chi connectivity index (χ4v) is 3.62. The molecule has 0 aliphatic rings. The molecule has 0 fully saturated rings. The van der Waals surface area contributed by atoms with Gasteiger partial charge in [0.05, 0.1) is 6.45 Å². The first-order valence-corrected chi connectivity index (χ1v) is 5.56. The highest BCUT2D eigenvalue weighted by Gasteiger charge is 2.32. The van der Waals surface area contributed by atoms with Crippen molar-refractivity contribution in [2.75, 3.05) is 0 Å². The van der Waals surface area contributed by atoms with Crippen molar-refractivity contribution in [3.63, 3.8) is 0 Å². The van der Waals surface area contributed by atoms with Gasteiger partial charge in [0, 0.05) is 0 Å². The quantitative estimate of drug-likeness (QED) is 0.628. The van der Waals surface area contributed by atoms with Crippen LogP contribution in [0.3, 0.4) is 0 Å². The second kappa shape index (κ2) is 3.86. The third-order valence-corrected chi connectivity index (χ3v) is 3.77. The van der Waals surface area contributed by atoms with Crippen molar-refractivity contribution in [2.24, 2.45) is 0 Å². The Morgan fingerprint density at radius 2 is 1.92 bits per heavy atom. The van der Waals surface area contributed by atoms with E-state index in [0.717, 1.165) is 14.2 Å². The Morgan fingerprint density at radius 1 is 1.33 bits per heavy atom. The topological polar surface area (TPSA) is 9.23 Å². The molecule has 12 heavy (non-hydrogen) atoms. The lowest BCUT2D eigenvalue weighted by atomic mass is 10.6. The van der Waals surface area contributed by atoms with E-state index in [2.05, 4.69) is 4.74 Å². The molecule has 68 valence electrons. The standard InChI is InChI=1S/C5HF3I2OS/c6-5(7,8)11-4-2(9)1-3(10)12-4/h1H. The number of hydrogen-bond acceptors (Lipinski definition) is 2. The van der Waals surface area contributed by atoms with Gasteiger partial charge in [-0.2, -0.15) is 0 Å². The van der Waals surface area contributed by atoms with Crippen LogP contribution in [0.4, 0.5) is 13.2 Å². The van der Waals surface area contributed by atoms with Crippen molar-refractivity contribution in [3.05, 3.63) is 12.5 Å². The third kappa shape index (κ3) is 3.24. The van der Waals surface area contributed by atoms with Crippen LogP contribution in [0.15, 0.2) is 6.07 Å². The number of ether oxygens (including phenoxy) is 1. The first-order valence-electron chi connectivity index (χ1n) is 2.59. The molecule has 1 heterocycles. The number of thiophene rings is 1. The van der Waals surface area contributed by atoms with Gasteiger partial charge < -0.3 is 4.74 Å². The van der Waals surface area contributed by atoms with Crippen LogP contribution in [0.5, 0.6) is 5.06 Å². The van der Waals surface area contributed by atoms with Crippen LogP contribution >= 0.6 is 56.5 Å². The highest BCUT2D eigenvalue weighted by Crippen LogP contribution is 2.35. The third-order valence-electron chi connectivity index (χ3n) is 0.834. The van der Waals surface area contributed by atoms with E-state index >= 15 is 0 Å². The maximum absolute atomic E-state index is 11.7. The van der Waals surface area contributed by atoms with Crippen molar-refractivity contribution in [2.45, 2.75) is 6.36 Å². The lowest BCUT2D eigenvalue weighted by molar-refractivity contribution is -0.273. The van der Waals surface area contributed by atoms with Gasteiger partial charge in [-0.3, -0.25) is 0 Å². The Morgan fingerprint density at radius 3 is 2.25 bits per heavy atom. The van der Waals surface area contributed by atoms with Gasteiger partial charge in [-0.15, -0.1) is 13.2 Å². The van der Waals surface area contributed by atoms with Crippen molar-refractivity contribution >= 4 is 56.5 Å². The van der Waals surface area contributed by atoms with Crippen molar-refractivity contribution in [1.29, 1.82) is 0 Å². The molecule has 1 rings (SSSR count). The van der Waals surface area contributed by atoms with Crippen molar-refractivity contribution < 1.29 is 17.9 Å². The number of halogens is 5. The molecule has 0 N–H and O–H groups in total. The van der Waals surface area contributed by atoms with E-state index in [9.17, 15) is 13.2 Å². The Kier molecular flexibility index (Phi) is 3.49. The zero-order valence-electron chi connectivity index (χ0n) is 5.28. The minimum absolute atomic E-state index is 0.0903. The van der Waals surface area contributed by atoms with Gasteiger partial charge in [0.25, 0.3) is 0 Å². The average molecular weight is 420 g/mol. The van der Waals surface area contributed by atoms with Gasteiger partial charge in [-0.05, 0) is 51.2 Å². The summed E-state index contributed by atoms with van der Waals surface area (Å²) in [6.07, 6.45) is -4.59. The van der Waals surface area contributed by atoms with Gasteiger partial charge >= 0.3 is 6.36 Å². The smallest absolute Gasteiger partial charge is 0.395 e. The maximum Gasteiger partial charge on any atom is 0.573 e. The molecule has 0 radical (unpaired) electrons. The first-order chi connectivity index (χ1) is 5.38. The fraction of sp³-hybridized carbons (Fsp3) is 0.200. The molecule has 7 heteroatoms. The second-order valence-electron chi connectivity index (χ2n) is 1.73. The van der Waals surface area contributed by atoms with Crippen LogP contribution in [0.2, 0.25) is 0 Å². The highest BCUT2D eigenvalue weighted by molar-refractivity contribution is 14.1. The Labute approximate surface area is 97.6 Å².